The van der Waals surface area contributed by atoms with Crippen molar-refractivity contribution in [1.82, 2.24) is 10.6 Å². The van der Waals surface area contributed by atoms with Gasteiger partial charge in [-0.3, -0.25) is 9.59 Å². The highest BCUT2D eigenvalue weighted by Crippen LogP contribution is 2.28. The minimum Gasteiger partial charge on any atom is -0.435 e. The van der Waals surface area contributed by atoms with Crippen molar-refractivity contribution in [1.29, 1.82) is 0 Å². The third-order valence-corrected chi connectivity index (χ3v) is 2.78. The molecule has 0 aliphatic heterocycles. The fraction of sp³-hybridized carbons (Fsp3) is 0.412. The largest absolute Gasteiger partial charge is 0.435 e. The number of benzene rings is 1. The van der Waals surface area contributed by atoms with Crippen molar-refractivity contribution in [3.63, 3.8) is 0 Å². The lowest BCUT2D eigenvalue weighted by atomic mass is 10.1. The Morgan fingerprint density at radius 1 is 1.11 bits per heavy atom. The number of hydrogen-bond acceptors (Lipinski definition) is 4. The smallest absolute Gasteiger partial charge is 0.387 e. The summed E-state index contributed by atoms with van der Waals surface area (Å²) < 4.78 is 57.7. The van der Waals surface area contributed by atoms with Crippen LogP contribution < -0.4 is 20.1 Å². The molecule has 0 atom stereocenters. The standard InChI is InChI=1S/C17H20F4N2O4/c1-17(2,3)23-14(25)9-22-13(24)7-5-10-4-6-11(26-15(18)19)8-12(10)27-16(20)21/h4-8,15-16H,9H2,1-3H3,(H,22,24)(H,23,25)/b7-5+. The number of halogens is 4. The van der Waals surface area contributed by atoms with Crippen molar-refractivity contribution >= 4 is 17.9 Å². The molecule has 0 fully saturated rings. The third-order valence-electron chi connectivity index (χ3n) is 2.78. The van der Waals surface area contributed by atoms with E-state index in [1.807, 2.05) is 0 Å². The van der Waals surface area contributed by atoms with Crippen molar-refractivity contribution < 1.29 is 36.6 Å². The van der Waals surface area contributed by atoms with Gasteiger partial charge in [-0.2, -0.15) is 17.6 Å². The van der Waals surface area contributed by atoms with Crippen molar-refractivity contribution in [2.24, 2.45) is 0 Å². The predicted molar refractivity (Wildman–Crippen MR) is 89.6 cm³/mol. The predicted octanol–water partition coefficient (Wildman–Crippen LogP) is 2.93. The lowest BCUT2D eigenvalue weighted by Crippen LogP contribution is -2.45. The second-order valence-corrected chi connectivity index (χ2v) is 6.31. The maximum atomic E-state index is 12.5. The molecule has 0 radical (unpaired) electrons. The molecular formula is C17H20F4N2O4. The van der Waals surface area contributed by atoms with Gasteiger partial charge in [-0.05, 0) is 39.0 Å². The lowest BCUT2D eigenvalue weighted by molar-refractivity contribution is -0.124. The highest BCUT2D eigenvalue weighted by Gasteiger charge is 2.14. The van der Waals surface area contributed by atoms with E-state index in [0.29, 0.717) is 0 Å². The van der Waals surface area contributed by atoms with Gasteiger partial charge >= 0.3 is 13.2 Å². The molecule has 0 aliphatic carbocycles. The Balaban J connectivity index is 2.77. The van der Waals surface area contributed by atoms with Crippen LogP contribution in [0, 0.1) is 0 Å². The Morgan fingerprint density at radius 2 is 1.74 bits per heavy atom. The molecule has 27 heavy (non-hydrogen) atoms. The van der Waals surface area contributed by atoms with Crippen LogP contribution in [0.2, 0.25) is 0 Å². The molecule has 1 aromatic rings. The summed E-state index contributed by atoms with van der Waals surface area (Å²) in [6, 6.07) is 3.14. The van der Waals surface area contributed by atoms with Crippen LogP contribution in [0.5, 0.6) is 11.5 Å². The molecule has 0 aliphatic rings. The molecule has 150 valence electrons. The molecule has 0 heterocycles. The molecule has 1 aromatic carbocycles. The highest BCUT2D eigenvalue weighted by atomic mass is 19.3. The molecule has 2 N–H and O–H groups in total. The van der Waals surface area contributed by atoms with E-state index >= 15 is 0 Å². The molecule has 0 aromatic heterocycles. The Bertz CT molecular complexity index is 688. The summed E-state index contributed by atoms with van der Waals surface area (Å²) in [4.78, 5) is 23.4. The van der Waals surface area contributed by atoms with Gasteiger partial charge in [-0.15, -0.1) is 0 Å². The third kappa shape index (κ3) is 9.47. The van der Waals surface area contributed by atoms with Gasteiger partial charge in [0, 0.05) is 23.2 Å². The fourth-order valence-corrected chi connectivity index (χ4v) is 1.88. The van der Waals surface area contributed by atoms with E-state index in [1.165, 1.54) is 6.07 Å². The average molecular weight is 392 g/mol. The van der Waals surface area contributed by atoms with E-state index in [2.05, 4.69) is 20.1 Å². The zero-order valence-corrected chi connectivity index (χ0v) is 14.9. The maximum Gasteiger partial charge on any atom is 0.387 e. The summed E-state index contributed by atoms with van der Waals surface area (Å²) >= 11 is 0. The van der Waals surface area contributed by atoms with E-state index in [9.17, 15) is 27.2 Å². The fourth-order valence-electron chi connectivity index (χ4n) is 1.88. The SMILES string of the molecule is CC(C)(C)NC(=O)CNC(=O)/C=C/c1ccc(OC(F)F)cc1OC(F)F. The minimum absolute atomic E-state index is 0.0335. The molecule has 2 amide bonds. The summed E-state index contributed by atoms with van der Waals surface area (Å²) in [5, 5.41) is 4.97. The number of nitrogens with one attached hydrogen (secondary N) is 2. The Morgan fingerprint density at radius 3 is 2.30 bits per heavy atom. The van der Waals surface area contributed by atoms with Crippen LogP contribution >= 0.6 is 0 Å². The van der Waals surface area contributed by atoms with Gasteiger partial charge in [-0.1, -0.05) is 0 Å². The quantitative estimate of drug-likeness (QED) is 0.527. The zero-order valence-electron chi connectivity index (χ0n) is 14.9. The number of carbonyl (C=O) groups excluding carboxylic acids is 2. The van der Waals surface area contributed by atoms with Crippen molar-refractivity contribution in [3.8, 4) is 11.5 Å². The van der Waals surface area contributed by atoms with Crippen LogP contribution in [0.1, 0.15) is 26.3 Å². The number of alkyl halides is 4. The highest BCUT2D eigenvalue weighted by molar-refractivity contribution is 5.94. The van der Waals surface area contributed by atoms with Crippen LogP contribution in [-0.4, -0.2) is 37.1 Å². The van der Waals surface area contributed by atoms with Gasteiger partial charge in [0.05, 0.1) is 6.54 Å². The summed E-state index contributed by atoms with van der Waals surface area (Å²) in [6.45, 7) is -1.28. The van der Waals surface area contributed by atoms with Crippen LogP contribution in [-0.2, 0) is 9.59 Å². The number of hydrogen-bond donors (Lipinski definition) is 2. The normalized spacial score (nSPS) is 11.7. The van der Waals surface area contributed by atoms with Crippen molar-refractivity contribution in [3.05, 3.63) is 29.8 Å². The first-order valence-electron chi connectivity index (χ1n) is 7.77. The molecule has 0 spiro atoms. The van der Waals surface area contributed by atoms with Crippen LogP contribution in [0.15, 0.2) is 24.3 Å². The molecule has 1 rings (SSSR count). The first-order valence-corrected chi connectivity index (χ1v) is 7.77. The van der Waals surface area contributed by atoms with Crippen molar-refractivity contribution in [2.45, 2.75) is 39.5 Å². The van der Waals surface area contributed by atoms with E-state index in [4.69, 9.17) is 0 Å². The molecule has 0 bridgehead atoms. The second-order valence-electron chi connectivity index (χ2n) is 6.31. The first kappa shape index (κ1) is 22.3. The van der Waals surface area contributed by atoms with Crippen LogP contribution in [0.4, 0.5) is 17.6 Å². The van der Waals surface area contributed by atoms with E-state index < -0.39 is 36.3 Å². The molecule has 6 nitrogen and oxygen atoms in total. The summed E-state index contributed by atoms with van der Waals surface area (Å²) in [6.07, 6.45) is 2.13. The average Bonchev–Trinajstić information content (AvgIpc) is 2.49. The Kier molecular flexibility index (Phi) is 8.07. The van der Waals surface area contributed by atoms with Crippen LogP contribution in [0.25, 0.3) is 6.08 Å². The second kappa shape index (κ2) is 9.79. The number of ether oxygens (including phenoxy) is 2. The van der Waals surface area contributed by atoms with Gasteiger partial charge in [0.25, 0.3) is 0 Å². The summed E-state index contributed by atoms with van der Waals surface area (Å²) in [5.41, 5.74) is -0.424. The van der Waals surface area contributed by atoms with Crippen LogP contribution in [0.3, 0.4) is 0 Å². The molecular weight excluding hydrogens is 372 g/mol. The van der Waals surface area contributed by atoms with Gasteiger partial charge in [0.2, 0.25) is 11.8 Å². The summed E-state index contributed by atoms with van der Waals surface area (Å²) in [7, 11) is 0. The number of amides is 2. The summed E-state index contributed by atoms with van der Waals surface area (Å²) in [5.74, 6) is -1.88. The molecule has 10 heteroatoms. The Hall–Kier alpha value is -2.78. The van der Waals surface area contributed by atoms with Gasteiger partial charge in [0.1, 0.15) is 11.5 Å². The number of carbonyl (C=O) groups is 2. The molecule has 0 unspecified atom stereocenters. The minimum atomic E-state index is -3.20. The van der Waals surface area contributed by atoms with E-state index in [-0.39, 0.29) is 17.9 Å². The topological polar surface area (TPSA) is 76.7 Å². The molecule has 0 saturated carbocycles. The zero-order chi connectivity index (χ0) is 20.6. The number of rotatable bonds is 8. The van der Waals surface area contributed by atoms with E-state index in [0.717, 1.165) is 24.3 Å². The van der Waals surface area contributed by atoms with Gasteiger partial charge in [-0.25, -0.2) is 0 Å². The van der Waals surface area contributed by atoms with Gasteiger partial charge in [0.15, 0.2) is 0 Å². The monoisotopic (exact) mass is 392 g/mol. The lowest BCUT2D eigenvalue weighted by Gasteiger charge is -2.20. The van der Waals surface area contributed by atoms with E-state index in [1.54, 1.807) is 20.8 Å². The maximum absolute atomic E-state index is 12.5. The van der Waals surface area contributed by atoms with Crippen molar-refractivity contribution in [2.75, 3.05) is 6.54 Å². The first-order chi connectivity index (χ1) is 12.5. The molecule has 0 saturated heterocycles. The van der Waals surface area contributed by atoms with Gasteiger partial charge < -0.3 is 20.1 Å². The Labute approximate surface area is 153 Å².